The van der Waals surface area contributed by atoms with Gasteiger partial charge in [-0.05, 0) is 72.0 Å². The van der Waals surface area contributed by atoms with E-state index in [2.05, 4.69) is 9.97 Å². The number of rotatable bonds is 6. The Bertz CT molecular complexity index is 1900. The Balaban J connectivity index is 1.37. The summed E-state index contributed by atoms with van der Waals surface area (Å²) in [5.74, 6) is -3.91. The minimum absolute atomic E-state index is 0.107. The van der Waals surface area contributed by atoms with Crippen molar-refractivity contribution in [2.75, 3.05) is 0 Å². The Morgan fingerprint density at radius 1 is 1.07 bits per heavy atom. The monoisotopic (exact) mass is 554 g/mol. The first-order valence-electron chi connectivity index (χ1n) is 13.0. The van der Waals surface area contributed by atoms with Crippen LogP contribution in [0.15, 0.2) is 84.0 Å². The largest absolute Gasteiger partial charge is 0.440 e. The standard InChI is InChI=1S/C31H24F2N4O4/c32-25-10-7-18(14-26(25)33)17-37-13-3-6-22(28(37)38)29(39)41-31(30(34)40)11-1-4-19-8-9-20(15-24(19)31)23-16-36-27-21(23)5-2-12-35-27/h2-3,5-10,12-16H,1,4,11,17H2,(H2,34,40)(H,35,36). The first-order chi connectivity index (χ1) is 19.8. The number of primary amides is 1. The van der Waals surface area contributed by atoms with Crippen LogP contribution in [0.1, 0.15) is 39.9 Å². The second kappa shape index (κ2) is 10.1. The SMILES string of the molecule is NC(=O)C1(OC(=O)c2cccn(Cc3ccc(F)c(F)c3)c2=O)CCCc2ccc(-c3c[nH]c4ncccc34)cc21. The number of H-pyrrole nitrogens is 1. The zero-order valence-electron chi connectivity index (χ0n) is 21.7. The summed E-state index contributed by atoms with van der Waals surface area (Å²) in [6.07, 6.45) is 6.26. The third-order valence-corrected chi connectivity index (χ3v) is 7.52. The highest BCUT2D eigenvalue weighted by Gasteiger charge is 2.46. The normalized spacial score (nSPS) is 16.3. The number of amides is 1. The van der Waals surface area contributed by atoms with E-state index in [1.165, 1.54) is 29.0 Å². The van der Waals surface area contributed by atoms with Crippen molar-refractivity contribution in [3.63, 3.8) is 0 Å². The fourth-order valence-corrected chi connectivity index (χ4v) is 5.47. The van der Waals surface area contributed by atoms with Gasteiger partial charge in [-0.2, -0.15) is 0 Å². The average Bonchev–Trinajstić information content (AvgIpc) is 3.40. The van der Waals surface area contributed by atoms with E-state index in [9.17, 15) is 23.2 Å². The highest BCUT2D eigenvalue weighted by Crippen LogP contribution is 2.41. The summed E-state index contributed by atoms with van der Waals surface area (Å²) in [6, 6.07) is 15.4. The van der Waals surface area contributed by atoms with Crippen LogP contribution in [-0.4, -0.2) is 26.4 Å². The molecule has 0 bridgehead atoms. The molecule has 206 valence electrons. The van der Waals surface area contributed by atoms with Crippen LogP contribution in [0, 0.1) is 11.6 Å². The van der Waals surface area contributed by atoms with E-state index >= 15 is 0 Å². The molecule has 0 aliphatic heterocycles. The lowest BCUT2D eigenvalue weighted by Crippen LogP contribution is -2.48. The molecular weight excluding hydrogens is 530 g/mol. The molecule has 6 rings (SSSR count). The van der Waals surface area contributed by atoms with Crippen molar-refractivity contribution in [1.29, 1.82) is 0 Å². The van der Waals surface area contributed by atoms with E-state index in [1.54, 1.807) is 12.3 Å². The van der Waals surface area contributed by atoms with Gasteiger partial charge in [0.2, 0.25) is 5.60 Å². The van der Waals surface area contributed by atoms with Crippen LogP contribution >= 0.6 is 0 Å². The number of carbonyl (C=O) groups is 2. The molecule has 0 fully saturated rings. The van der Waals surface area contributed by atoms with Gasteiger partial charge >= 0.3 is 5.97 Å². The smallest absolute Gasteiger partial charge is 0.345 e. The molecule has 8 nitrogen and oxygen atoms in total. The van der Waals surface area contributed by atoms with Gasteiger partial charge in [0.25, 0.3) is 11.5 Å². The summed E-state index contributed by atoms with van der Waals surface area (Å²) in [6.45, 7) is -0.107. The minimum Gasteiger partial charge on any atom is -0.440 e. The van der Waals surface area contributed by atoms with E-state index in [0.717, 1.165) is 34.2 Å². The van der Waals surface area contributed by atoms with E-state index in [4.69, 9.17) is 10.5 Å². The zero-order valence-corrected chi connectivity index (χ0v) is 21.7. The van der Waals surface area contributed by atoms with Crippen LogP contribution < -0.4 is 11.3 Å². The van der Waals surface area contributed by atoms with Crippen molar-refractivity contribution in [3.8, 4) is 11.1 Å². The van der Waals surface area contributed by atoms with Gasteiger partial charge in [-0.3, -0.25) is 9.59 Å². The lowest BCUT2D eigenvalue weighted by molar-refractivity contribution is -0.140. The average molecular weight is 555 g/mol. The van der Waals surface area contributed by atoms with E-state index in [0.29, 0.717) is 29.6 Å². The maximum absolute atomic E-state index is 13.7. The van der Waals surface area contributed by atoms with E-state index in [1.807, 2.05) is 30.5 Å². The van der Waals surface area contributed by atoms with Gasteiger partial charge in [-0.15, -0.1) is 0 Å². The molecule has 1 aliphatic rings. The number of pyridine rings is 2. The van der Waals surface area contributed by atoms with Gasteiger partial charge < -0.3 is 20.0 Å². The van der Waals surface area contributed by atoms with Gasteiger partial charge in [0.15, 0.2) is 11.6 Å². The van der Waals surface area contributed by atoms with Crippen molar-refractivity contribution in [2.24, 2.45) is 5.73 Å². The number of halogens is 2. The Kier molecular flexibility index (Phi) is 6.45. The number of hydrogen-bond donors (Lipinski definition) is 2. The second-order valence-electron chi connectivity index (χ2n) is 10.0. The van der Waals surface area contributed by atoms with Crippen molar-refractivity contribution < 1.29 is 23.1 Å². The zero-order chi connectivity index (χ0) is 28.7. The Labute approximate surface area is 232 Å². The quantitative estimate of drug-likeness (QED) is 0.298. The highest BCUT2D eigenvalue weighted by molar-refractivity contribution is 5.96. The van der Waals surface area contributed by atoms with Gasteiger partial charge in [-0.25, -0.2) is 18.6 Å². The second-order valence-corrected chi connectivity index (χ2v) is 10.0. The predicted molar refractivity (Wildman–Crippen MR) is 147 cm³/mol. The lowest BCUT2D eigenvalue weighted by Gasteiger charge is -2.36. The van der Waals surface area contributed by atoms with E-state index < -0.39 is 34.7 Å². The number of esters is 1. The van der Waals surface area contributed by atoms with Crippen molar-refractivity contribution >= 4 is 22.9 Å². The molecule has 5 aromatic rings. The minimum atomic E-state index is -1.79. The van der Waals surface area contributed by atoms with Crippen molar-refractivity contribution in [3.05, 3.63) is 123 Å². The fraction of sp³-hybridized carbons (Fsp3) is 0.161. The van der Waals surface area contributed by atoms with Gasteiger partial charge in [-0.1, -0.05) is 18.2 Å². The van der Waals surface area contributed by atoms with Gasteiger partial charge in [0, 0.05) is 41.5 Å². The molecule has 3 aromatic heterocycles. The molecule has 0 radical (unpaired) electrons. The number of nitrogens with zero attached hydrogens (tertiary/aromatic N) is 2. The molecule has 1 unspecified atom stereocenters. The van der Waals surface area contributed by atoms with Crippen LogP contribution in [0.3, 0.4) is 0 Å². The molecule has 10 heteroatoms. The number of nitrogens with two attached hydrogens (primary N) is 1. The summed E-state index contributed by atoms with van der Waals surface area (Å²) in [5, 5.41) is 0.885. The molecule has 3 heterocycles. The lowest BCUT2D eigenvalue weighted by atomic mass is 9.77. The molecule has 0 spiro atoms. The third-order valence-electron chi connectivity index (χ3n) is 7.52. The number of carbonyl (C=O) groups excluding carboxylic acids is 2. The third kappa shape index (κ3) is 4.57. The Hall–Kier alpha value is -5.12. The van der Waals surface area contributed by atoms with Crippen LogP contribution in [0.4, 0.5) is 8.78 Å². The van der Waals surface area contributed by atoms with Crippen LogP contribution in [0.25, 0.3) is 22.2 Å². The molecule has 41 heavy (non-hydrogen) atoms. The van der Waals surface area contributed by atoms with E-state index in [-0.39, 0.29) is 18.5 Å². The first kappa shape index (κ1) is 26.1. The van der Waals surface area contributed by atoms with Crippen molar-refractivity contribution in [1.82, 2.24) is 14.5 Å². The number of nitrogens with one attached hydrogen (secondary N) is 1. The summed E-state index contributed by atoms with van der Waals surface area (Å²) >= 11 is 0. The summed E-state index contributed by atoms with van der Waals surface area (Å²) in [7, 11) is 0. The summed E-state index contributed by atoms with van der Waals surface area (Å²) in [4.78, 5) is 47.2. The number of aromatic amines is 1. The molecule has 3 N–H and O–H groups in total. The maximum Gasteiger partial charge on any atom is 0.345 e. The number of ether oxygens (including phenoxy) is 1. The number of benzene rings is 2. The number of hydrogen-bond acceptors (Lipinski definition) is 5. The molecule has 1 amide bonds. The fourth-order valence-electron chi connectivity index (χ4n) is 5.47. The number of fused-ring (bicyclic) bond motifs is 2. The number of aryl methyl sites for hydroxylation is 1. The summed E-state index contributed by atoms with van der Waals surface area (Å²) < 4.78 is 34.1. The summed E-state index contributed by atoms with van der Waals surface area (Å²) in [5.41, 5.74) is 7.04. The van der Waals surface area contributed by atoms with Gasteiger partial charge in [0.05, 0.1) is 6.54 Å². The van der Waals surface area contributed by atoms with Crippen LogP contribution in [-0.2, 0) is 28.1 Å². The number of aromatic nitrogens is 3. The molecular formula is C31H24F2N4O4. The van der Waals surface area contributed by atoms with Crippen LogP contribution in [0.5, 0.6) is 0 Å². The molecule has 2 aromatic carbocycles. The Morgan fingerprint density at radius 3 is 2.73 bits per heavy atom. The maximum atomic E-state index is 13.7. The van der Waals surface area contributed by atoms with Crippen LogP contribution in [0.2, 0.25) is 0 Å². The highest BCUT2D eigenvalue weighted by atomic mass is 19.2. The molecule has 1 atom stereocenters. The van der Waals surface area contributed by atoms with Crippen molar-refractivity contribution in [2.45, 2.75) is 31.4 Å². The Morgan fingerprint density at radius 2 is 1.93 bits per heavy atom. The first-order valence-corrected chi connectivity index (χ1v) is 13.0. The molecule has 1 aliphatic carbocycles. The molecule has 0 saturated heterocycles. The predicted octanol–water partition coefficient (Wildman–Crippen LogP) is 4.59. The van der Waals surface area contributed by atoms with Gasteiger partial charge in [0.1, 0.15) is 11.2 Å². The topological polar surface area (TPSA) is 120 Å². The molecule has 0 saturated carbocycles.